The number of nitrogens with one attached hydrogen (secondary N) is 2. The predicted octanol–water partition coefficient (Wildman–Crippen LogP) is 3.21. The number of carbonyl (C=O) groups excluding carboxylic acids is 1. The fourth-order valence-electron chi connectivity index (χ4n) is 3.71. The molecule has 140 valence electrons. The van der Waals surface area contributed by atoms with Crippen molar-refractivity contribution in [2.45, 2.75) is 18.9 Å². The van der Waals surface area contributed by atoms with Gasteiger partial charge in [0.1, 0.15) is 5.75 Å². The normalized spacial score (nSPS) is 15.1. The number of imidazole rings is 1. The molecule has 7 nitrogen and oxygen atoms in total. The number of piperidine rings is 1. The first-order valence-corrected chi connectivity index (χ1v) is 9.05. The number of likely N-dealkylation sites (tertiary alicyclic amines) is 1. The maximum absolute atomic E-state index is 12.6. The van der Waals surface area contributed by atoms with Crippen molar-refractivity contribution in [3.8, 4) is 5.75 Å². The number of methoxy groups -OCH3 is 1. The Labute approximate surface area is 156 Å². The summed E-state index contributed by atoms with van der Waals surface area (Å²) in [6.45, 7) is 1.19. The molecule has 1 fully saturated rings. The number of anilines is 1. The molecule has 2 aromatic carbocycles. The van der Waals surface area contributed by atoms with E-state index in [1.54, 1.807) is 12.0 Å². The van der Waals surface area contributed by atoms with Crippen molar-refractivity contribution in [3.63, 3.8) is 0 Å². The molecular formula is C20H22N4O3. The summed E-state index contributed by atoms with van der Waals surface area (Å²) < 4.78 is 7.10. The van der Waals surface area contributed by atoms with E-state index in [2.05, 4.69) is 10.3 Å². The Kier molecular flexibility index (Phi) is 4.58. The molecule has 27 heavy (non-hydrogen) atoms. The average Bonchev–Trinajstić information content (AvgIpc) is 3.04. The zero-order valence-corrected chi connectivity index (χ0v) is 15.1. The summed E-state index contributed by atoms with van der Waals surface area (Å²) in [6, 6.07) is 15.0. The van der Waals surface area contributed by atoms with Gasteiger partial charge in [-0.25, -0.2) is 9.59 Å². The molecular weight excluding hydrogens is 344 g/mol. The highest BCUT2D eigenvalue weighted by Gasteiger charge is 2.26. The molecule has 3 aromatic rings. The number of H-pyrrole nitrogens is 1. The van der Waals surface area contributed by atoms with Gasteiger partial charge in [0.15, 0.2) is 0 Å². The van der Waals surface area contributed by atoms with Gasteiger partial charge in [0.2, 0.25) is 0 Å². The highest BCUT2D eigenvalue weighted by molar-refractivity contribution is 5.91. The molecule has 2 heterocycles. The Balaban J connectivity index is 1.45. The second kappa shape index (κ2) is 7.19. The molecule has 0 bridgehead atoms. The number of ether oxygens (including phenoxy) is 1. The van der Waals surface area contributed by atoms with Crippen LogP contribution in [-0.2, 0) is 0 Å². The lowest BCUT2D eigenvalue weighted by atomic mass is 10.0. The number of amides is 2. The topological polar surface area (TPSA) is 79.4 Å². The third-order valence-electron chi connectivity index (χ3n) is 5.09. The van der Waals surface area contributed by atoms with Gasteiger partial charge in [-0.05, 0) is 37.1 Å². The van der Waals surface area contributed by atoms with Crippen molar-refractivity contribution in [1.29, 1.82) is 0 Å². The number of urea groups is 1. The summed E-state index contributed by atoms with van der Waals surface area (Å²) in [5.74, 6) is 0.631. The third kappa shape index (κ3) is 3.28. The van der Waals surface area contributed by atoms with Crippen molar-refractivity contribution < 1.29 is 9.53 Å². The van der Waals surface area contributed by atoms with Crippen molar-refractivity contribution in [3.05, 3.63) is 59.0 Å². The van der Waals surface area contributed by atoms with Gasteiger partial charge in [-0.2, -0.15) is 0 Å². The minimum absolute atomic E-state index is 0.0870. The Morgan fingerprint density at radius 1 is 1.11 bits per heavy atom. The lowest BCUT2D eigenvalue weighted by molar-refractivity contribution is 0.184. The second-order valence-electron chi connectivity index (χ2n) is 6.67. The Morgan fingerprint density at radius 3 is 2.59 bits per heavy atom. The first-order chi connectivity index (χ1) is 13.2. The number of hydrogen-bond donors (Lipinski definition) is 2. The third-order valence-corrected chi connectivity index (χ3v) is 5.09. The van der Waals surface area contributed by atoms with Gasteiger partial charge >= 0.3 is 11.7 Å². The van der Waals surface area contributed by atoms with Gasteiger partial charge in [-0.1, -0.05) is 24.3 Å². The summed E-state index contributed by atoms with van der Waals surface area (Å²) >= 11 is 0. The fourth-order valence-corrected chi connectivity index (χ4v) is 3.71. The zero-order chi connectivity index (χ0) is 18.8. The number of hydrogen-bond acceptors (Lipinski definition) is 3. The number of nitrogens with zero attached hydrogens (tertiary/aromatic N) is 2. The van der Waals surface area contributed by atoms with Crippen LogP contribution in [0.3, 0.4) is 0 Å². The molecule has 0 radical (unpaired) electrons. The molecule has 0 unspecified atom stereocenters. The van der Waals surface area contributed by atoms with E-state index in [9.17, 15) is 9.59 Å². The van der Waals surface area contributed by atoms with Crippen molar-refractivity contribution >= 4 is 22.8 Å². The summed E-state index contributed by atoms with van der Waals surface area (Å²) in [6.07, 6.45) is 1.47. The SMILES string of the molecule is COc1ccccc1NC(=O)N1CCC(n2c(=O)[nH]c3ccccc32)CC1. The number of para-hydroxylation sites is 4. The minimum atomic E-state index is -0.149. The average molecular weight is 366 g/mol. The maximum Gasteiger partial charge on any atom is 0.326 e. The molecule has 4 rings (SSSR count). The first kappa shape index (κ1) is 17.2. The van der Waals surface area contributed by atoms with Crippen LogP contribution < -0.4 is 15.7 Å². The molecule has 1 saturated heterocycles. The van der Waals surface area contributed by atoms with Gasteiger partial charge in [0.25, 0.3) is 0 Å². The summed E-state index contributed by atoms with van der Waals surface area (Å²) in [7, 11) is 1.58. The van der Waals surface area contributed by atoms with E-state index in [-0.39, 0.29) is 17.8 Å². The maximum atomic E-state index is 12.6. The summed E-state index contributed by atoms with van der Waals surface area (Å²) in [5.41, 5.74) is 2.33. The van der Waals surface area contributed by atoms with Gasteiger partial charge in [0.05, 0.1) is 23.8 Å². The van der Waals surface area contributed by atoms with Crippen LogP contribution >= 0.6 is 0 Å². The molecule has 7 heteroatoms. The summed E-state index contributed by atoms with van der Waals surface area (Å²) in [4.78, 5) is 29.6. The Morgan fingerprint density at radius 2 is 1.81 bits per heavy atom. The lowest BCUT2D eigenvalue weighted by Crippen LogP contribution is -2.42. The molecule has 0 saturated carbocycles. The van der Waals surface area contributed by atoms with Gasteiger partial charge < -0.3 is 19.9 Å². The lowest BCUT2D eigenvalue weighted by Gasteiger charge is -2.32. The van der Waals surface area contributed by atoms with E-state index in [4.69, 9.17) is 4.74 Å². The van der Waals surface area contributed by atoms with E-state index in [1.165, 1.54) is 0 Å². The predicted molar refractivity (Wildman–Crippen MR) is 104 cm³/mol. The monoisotopic (exact) mass is 366 g/mol. The van der Waals surface area contributed by atoms with Gasteiger partial charge in [0, 0.05) is 19.1 Å². The summed E-state index contributed by atoms with van der Waals surface area (Å²) in [5, 5.41) is 2.91. The number of carbonyl (C=O) groups is 1. The standard InChI is InChI=1S/C20H22N4O3/c1-27-18-9-5-3-7-16(18)22-19(25)23-12-10-14(11-13-23)24-17-8-4-2-6-15(17)21-20(24)26/h2-9,14H,10-13H2,1H3,(H,21,26)(H,22,25). The van der Waals surface area contributed by atoms with Crippen LogP contribution in [0.4, 0.5) is 10.5 Å². The van der Waals surface area contributed by atoms with Crippen LogP contribution in [0.15, 0.2) is 53.3 Å². The van der Waals surface area contributed by atoms with E-state index >= 15 is 0 Å². The van der Waals surface area contributed by atoms with Gasteiger partial charge in [-0.15, -0.1) is 0 Å². The minimum Gasteiger partial charge on any atom is -0.495 e. The number of benzene rings is 2. The van der Waals surface area contributed by atoms with E-state index in [0.717, 1.165) is 23.9 Å². The van der Waals surface area contributed by atoms with Crippen LogP contribution in [0.25, 0.3) is 11.0 Å². The molecule has 1 aliphatic rings. The molecule has 0 atom stereocenters. The van der Waals surface area contributed by atoms with Crippen LogP contribution in [0, 0.1) is 0 Å². The Bertz CT molecular complexity index is 1020. The zero-order valence-electron chi connectivity index (χ0n) is 15.1. The van der Waals surface area contributed by atoms with Crippen molar-refractivity contribution in [1.82, 2.24) is 14.5 Å². The quantitative estimate of drug-likeness (QED) is 0.747. The highest BCUT2D eigenvalue weighted by atomic mass is 16.5. The van der Waals surface area contributed by atoms with E-state index in [0.29, 0.717) is 24.5 Å². The van der Waals surface area contributed by atoms with Gasteiger partial charge in [-0.3, -0.25) is 4.57 Å². The first-order valence-electron chi connectivity index (χ1n) is 9.05. The molecule has 1 aliphatic heterocycles. The molecule has 2 N–H and O–H groups in total. The molecule has 0 aliphatic carbocycles. The van der Waals surface area contributed by atoms with Crippen LogP contribution in [0.2, 0.25) is 0 Å². The highest BCUT2D eigenvalue weighted by Crippen LogP contribution is 2.27. The molecule has 2 amide bonds. The van der Waals surface area contributed by atoms with E-state index in [1.807, 2.05) is 53.1 Å². The largest absolute Gasteiger partial charge is 0.495 e. The number of aromatic amines is 1. The smallest absolute Gasteiger partial charge is 0.326 e. The Hall–Kier alpha value is -3.22. The van der Waals surface area contributed by atoms with Crippen molar-refractivity contribution in [2.75, 3.05) is 25.5 Å². The van der Waals surface area contributed by atoms with Crippen LogP contribution in [0.5, 0.6) is 5.75 Å². The second-order valence-corrected chi connectivity index (χ2v) is 6.67. The molecule has 0 spiro atoms. The van der Waals surface area contributed by atoms with Crippen molar-refractivity contribution in [2.24, 2.45) is 0 Å². The van der Waals surface area contributed by atoms with Crippen LogP contribution in [0.1, 0.15) is 18.9 Å². The fraction of sp³-hybridized carbons (Fsp3) is 0.300. The molecule has 1 aromatic heterocycles. The van der Waals surface area contributed by atoms with Crippen LogP contribution in [-0.4, -0.2) is 40.7 Å². The van der Waals surface area contributed by atoms with E-state index < -0.39 is 0 Å². The number of rotatable bonds is 3. The number of fused-ring (bicyclic) bond motifs is 1. The number of aromatic nitrogens is 2.